The first-order valence-corrected chi connectivity index (χ1v) is 12.2. The molecule has 1 saturated carbocycles. The van der Waals surface area contributed by atoms with Gasteiger partial charge in [-0.25, -0.2) is 9.50 Å². The van der Waals surface area contributed by atoms with E-state index in [1.807, 2.05) is 21.7 Å². The summed E-state index contributed by atoms with van der Waals surface area (Å²) in [6, 6.07) is 1.98. The van der Waals surface area contributed by atoms with E-state index in [0.29, 0.717) is 26.1 Å². The second-order valence-corrected chi connectivity index (χ2v) is 9.45. The van der Waals surface area contributed by atoms with Gasteiger partial charge in [0.15, 0.2) is 5.65 Å². The van der Waals surface area contributed by atoms with Crippen molar-refractivity contribution in [3.05, 3.63) is 29.2 Å². The lowest BCUT2D eigenvalue weighted by molar-refractivity contribution is -0.139. The van der Waals surface area contributed by atoms with Crippen LogP contribution in [0, 0.1) is 12.8 Å². The maximum atomic E-state index is 12.9. The highest BCUT2D eigenvalue weighted by atomic mass is 16.5. The van der Waals surface area contributed by atoms with Crippen LogP contribution in [0.1, 0.15) is 61.6 Å². The molecule has 0 N–H and O–H groups in total. The third kappa shape index (κ3) is 4.67. The van der Waals surface area contributed by atoms with Crippen LogP contribution >= 0.6 is 0 Å². The summed E-state index contributed by atoms with van der Waals surface area (Å²) in [6.45, 7) is 8.11. The molecule has 1 atom stereocenters. The smallest absolute Gasteiger partial charge is 0.222 e. The van der Waals surface area contributed by atoms with Crippen LogP contribution in [0.2, 0.25) is 0 Å². The zero-order valence-electron chi connectivity index (χ0n) is 19.2. The Kier molecular flexibility index (Phi) is 6.71. The molecule has 3 aliphatic rings. The summed E-state index contributed by atoms with van der Waals surface area (Å²) in [5.41, 5.74) is 4.02. The van der Waals surface area contributed by atoms with Gasteiger partial charge in [0.1, 0.15) is 6.10 Å². The molecule has 0 bridgehead atoms. The molecule has 0 spiro atoms. The van der Waals surface area contributed by atoms with Crippen molar-refractivity contribution in [2.75, 3.05) is 46.0 Å². The molecular formula is C24H35N5O3. The molecule has 32 heavy (non-hydrogen) atoms. The lowest BCUT2D eigenvalue weighted by atomic mass is 10.0. The Balaban J connectivity index is 1.30. The third-order valence-corrected chi connectivity index (χ3v) is 7.32. The van der Waals surface area contributed by atoms with Gasteiger partial charge in [-0.15, -0.1) is 0 Å². The van der Waals surface area contributed by atoms with Crippen LogP contribution in [0.3, 0.4) is 0 Å². The second-order valence-electron chi connectivity index (χ2n) is 9.45. The first-order chi connectivity index (χ1) is 15.7. The average Bonchev–Trinajstić information content (AvgIpc) is 3.46. The number of hydrogen-bond donors (Lipinski definition) is 0. The minimum atomic E-state index is -0.180. The quantitative estimate of drug-likeness (QED) is 0.686. The number of aromatic nitrogens is 3. The number of nitrogens with zero attached hydrogens (tertiary/aromatic N) is 5. The van der Waals surface area contributed by atoms with Gasteiger partial charge in [-0.05, 0) is 25.3 Å². The van der Waals surface area contributed by atoms with E-state index in [2.05, 4.69) is 16.8 Å². The summed E-state index contributed by atoms with van der Waals surface area (Å²) in [5, 5.41) is 4.83. The number of aryl methyl sites for hydroxylation is 1. The van der Waals surface area contributed by atoms with Gasteiger partial charge in [0.25, 0.3) is 0 Å². The molecule has 8 nitrogen and oxygen atoms in total. The van der Waals surface area contributed by atoms with Gasteiger partial charge < -0.3 is 14.4 Å². The van der Waals surface area contributed by atoms with Crippen molar-refractivity contribution in [3.63, 3.8) is 0 Å². The molecule has 2 aromatic heterocycles. The van der Waals surface area contributed by atoms with E-state index in [9.17, 15) is 4.79 Å². The number of ether oxygens (including phenoxy) is 2. The molecule has 1 amide bonds. The molecule has 8 heteroatoms. The highest BCUT2D eigenvalue weighted by Gasteiger charge is 2.29. The maximum absolute atomic E-state index is 12.9. The third-order valence-electron chi connectivity index (χ3n) is 7.32. The molecule has 2 saturated heterocycles. The summed E-state index contributed by atoms with van der Waals surface area (Å²) >= 11 is 0. The number of carbonyl (C=O) groups is 1. The average molecular weight is 442 g/mol. The fourth-order valence-electron chi connectivity index (χ4n) is 5.37. The topological polar surface area (TPSA) is 72.2 Å². The molecule has 174 valence electrons. The fraction of sp³-hybridized carbons (Fsp3) is 0.708. The van der Waals surface area contributed by atoms with Crippen molar-refractivity contribution in [1.82, 2.24) is 24.4 Å². The van der Waals surface area contributed by atoms with Gasteiger partial charge in [-0.3, -0.25) is 9.69 Å². The van der Waals surface area contributed by atoms with E-state index < -0.39 is 0 Å². The van der Waals surface area contributed by atoms with E-state index in [1.54, 1.807) is 0 Å². The molecule has 4 heterocycles. The van der Waals surface area contributed by atoms with Crippen molar-refractivity contribution >= 4 is 11.6 Å². The SMILES string of the molecule is Cc1nn2c([C@H]3CN(C(=O)CCC4CCCC4)CCO3)ccnc2c1CN1CCOCC1. The van der Waals surface area contributed by atoms with Crippen LogP contribution < -0.4 is 0 Å². The fourth-order valence-corrected chi connectivity index (χ4v) is 5.37. The Morgan fingerprint density at radius 1 is 1.16 bits per heavy atom. The largest absolute Gasteiger partial charge is 0.379 e. The van der Waals surface area contributed by atoms with Crippen LogP contribution in [0.4, 0.5) is 0 Å². The Bertz CT molecular complexity index is 933. The Morgan fingerprint density at radius 2 is 1.97 bits per heavy atom. The van der Waals surface area contributed by atoms with Crippen molar-refractivity contribution in [2.24, 2.45) is 5.92 Å². The van der Waals surface area contributed by atoms with Crippen molar-refractivity contribution < 1.29 is 14.3 Å². The van der Waals surface area contributed by atoms with Crippen LogP contribution in [0.5, 0.6) is 0 Å². The summed E-state index contributed by atoms with van der Waals surface area (Å²) < 4.78 is 13.5. The number of hydrogen-bond acceptors (Lipinski definition) is 6. The number of rotatable bonds is 6. The minimum absolute atomic E-state index is 0.180. The van der Waals surface area contributed by atoms with Gasteiger partial charge in [0, 0.05) is 44.4 Å². The van der Waals surface area contributed by atoms with Crippen molar-refractivity contribution in [2.45, 2.75) is 58.1 Å². The summed E-state index contributed by atoms with van der Waals surface area (Å²) in [6.07, 6.45) is 8.59. The standard InChI is InChI=1S/C24H35N5O3/c1-18-20(16-27-10-13-31-14-11-27)24-25-9-8-21(29(24)26-18)22-17-28(12-15-32-22)23(30)7-6-19-4-2-3-5-19/h8-9,19,22H,2-7,10-17H2,1H3/t22-/m1/s1. The number of fused-ring (bicyclic) bond motifs is 1. The number of carbonyl (C=O) groups excluding carboxylic acids is 1. The lowest BCUT2D eigenvalue weighted by Gasteiger charge is -2.33. The van der Waals surface area contributed by atoms with Crippen LogP contribution in [-0.2, 0) is 20.8 Å². The van der Waals surface area contributed by atoms with Crippen molar-refractivity contribution in [3.8, 4) is 0 Å². The summed E-state index contributed by atoms with van der Waals surface area (Å²) in [7, 11) is 0. The molecule has 2 aromatic rings. The molecule has 1 aliphatic carbocycles. The number of morpholine rings is 2. The molecule has 0 radical (unpaired) electrons. The first kappa shape index (κ1) is 21.8. The summed E-state index contributed by atoms with van der Waals surface area (Å²) in [5.74, 6) is 1.01. The lowest BCUT2D eigenvalue weighted by Crippen LogP contribution is -2.42. The highest BCUT2D eigenvalue weighted by molar-refractivity contribution is 5.76. The van der Waals surface area contributed by atoms with E-state index >= 15 is 0 Å². The van der Waals surface area contributed by atoms with Gasteiger partial charge in [-0.1, -0.05) is 25.7 Å². The van der Waals surface area contributed by atoms with E-state index in [4.69, 9.17) is 14.6 Å². The zero-order chi connectivity index (χ0) is 21.9. The van der Waals surface area contributed by atoms with Gasteiger partial charge >= 0.3 is 0 Å². The maximum Gasteiger partial charge on any atom is 0.222 e. The normalized spacial score (nSPS) is 23.3. The number of amides is 1. The van der Waals surface area contributed by atoms with Crippen LogP contribution in [0.25, 0.3) is 5.65 Å². The molecule has 3 fully saturated rings. The molecule has 0 aromatic carbocycles. The Morgan fingerprint density at radius 3 is 2.78 bits per heavy atom. The first-order valence-electron chi connectivity index (χ1n) is 12.2. The van der Waals surface area contributed by atoms with E-state index in [0.717, 1.165) is 67.8 Å². The predicted octanol–water partition coefficient (Wildman–Crippen LogP) is 2.74. The van der Waals surface area contributed by atoms with E-state index in [-0.39, 0.29) is 12.0 Å². The minimum Gasteiger partial charge on any atom is -0.379 e. The highest BCUT2D eigenvalue weighted by Crippen LogP contribution is 2.30. The molecule has 2 aliphatic heterocycles. The zero-order valence-corrected chi connectivity index (χ0v) is 19.2. The molecular weight excluding hydrogens is 406 g/mol. The van der Waals surface area contributed by atoms with Crippen LogP contribution in [0.15, 0.2) is 12.3 Å². The van der Waals surface area contributed by atoms with Gasteiger partial charge in [-0.2, -0.15) is 5.10 Å². The van der Waals surface area contributed by atoms with Gasteiger partial charge in [0.2, 0.25) is 5.91 Å². The van der Waals surface area contributed by atoms with Crippen molar-refractivity contribution in [1.29, 1.82) is 0 Å². The molecule has 0 unspecified atom stereocenters. The van der Waals surface area contributed by atoms with E-state index in [1.165, 1.54) is 25.7 Å². The second kappa shape index (κ2) is 9.85. The van der Waals surface area contributed by atoms with Gasteiger partial charge in [0.05, 0.1) is 37.8 Å². The predicted molar refractivity (Wildman–Crippen MR) is 120 cm³/mol. The monoisotopic (exact) mass is 441 g/mol. The van der Waals surface area contributed by atoms with Crippen LogP contribution in [-0.4, -0.2) is 76.3 Å². The Labute approximate surface area is 189 Å². The summed E-state index contributed by atoms with van der Waals surface area (Å²) in [4.78, 5) is 21.9. The molecule has 5 rings (SSSR count). The Hall–Kier alpha value is -2.03.